The van der Waals surface area contributed by atoms with Crippen LogP contribution in [0.5, 0.6) is 0 Å². The molecule has 26 valence electrons. The van der Waals surface area contributed by atoms with Crippen molar-refractivity contribution in [3.8, 4) is 0 Å². The average Bonchev–Trinajstić information content (AvgIpc) is 1.00. The van der Waals surface area contributed by atoms with Crippen LogP contribution >= 0.6 is 9.39 Å². The van der Waals surface area contributed by atoms with Gasteiger partial charge in [-0.15, -0.1) is 0 Å². The van der Waals surface area contributed by atoms with E-state index in [1.165, 1.54) is 0 Å². The monoisotopic (exact) mass is 93.0 g/mol. The molecule has 0 radical (unpaired) electrons. The first-order valence-corrected chi connectivity index (χ1v) is 1.00. The molecule has 4 heteroatoms. The maximum Gasteiger partial charge on any atom is 2.00 e. The molecule has 0 aromatic heterocycles. The molecule has 0 saturated heterocycles. The van der Waals surface area contributed by atoms with Gasteiger partial charge in [-0.05, 0) is 0 Å². The zero-order valence-corrected chi connectivity index (χ0v) is 4.93. The maximum atomic E-state index is 4.42. The van der Waals surface area contributed by atoms with E-state index < -0.39 is 0 Å². The third-order valence-electron chi connectivity index (χ3n) is 0. The van der Waals surface area contributed by atoms with Gasteiger partial charge in [-0.25, -0.2) is 0 Å². The van der Waals surface area contributed by atoms with Gasteiger partial charge in [-0.3, -0.25) is 0 Å². The third kappa shape index (κ3) is 11.2. The Morgan fingerprint density at radius 3 is 1.50 bits per heavy atom. The molecule has 0 aliphatic heterocycles. The summed E-state index contributed by atoms with van der Waals surface area (Å²) in [6, 6.07) is 0. The molecule has 0 amide bonds. The van der Waals surface area contributed by atoms with Crippen molar-refractivity contribution in [2.24, 2.45) is 5.50 Å². The van der Waals surface area contributed by atoms with Crippen LogP contribution in [0, 0.1) is 0 Å². The van der Waals surface area contributed by atoms with Gasteiger partial charge in [0.05, 0.1) is 0 Å². The minimum absolute atomic E-state index is 0. The van der Waals surface area contributed by atoms with Crippen LogP contribution in [0.2, 0.25) is 0 Å². The van der Waals surface area contributed by atoms with Gasteiger partial charge >= 0.3 is 23.1 Å². The smallest absolute Gasteiger partial charge is 1.00 e. The maximum absolute atomic E-state index is 4.42. The summed E-state index contributed by atoms with van der Waals surface area (Å²) in [6.07, 6.45) is 0. The Labute approximate surface area is 46.8 Å². The van der Waals surface area contributed by atoms with Crippen LogP contribution in [-0.4, -0.2) is 28.5 Å². The zero-order valence-electron chi connectivity index (χ0n) is 4.36. The predicted octanol–water partition coefficient (Wildman–Crippen LogP) is -1.25. The van der Waals surface area contributed by atoms with Crippen molar-refractivity contribution in [2.45, 2.75) is 0 Å². The van der Waals surface area contributed by atoms with Gasteiger partial charge in [-0.2, -0.15) is 0 Å². The van der Waals surface area contributed by atoms with E-state index in [4.69, 9.17) is 0 Å². The fraction of sp³-hybridized carbons (Fsp3) is 0. The van der Waals surface area contributed by atoms with Crippen molar-refractivity contribution < 1.29 is 8.33 Å². The molecular weight excluding hydrogens is 85.3 g/mol. The van der Waals surface area contributed by atoms with Crippen molar-refractivity contribution in [2.75, 3.05) is 0 Å². The van der Waals surface area contributed by atoms with Gasteiger partial charge in [0, 0.05) is 0 Å². The van der Waals surface area contributed by atoms with Gasteiger partial charge in [0.15, 0.2) is 0 Å². The summed E-state index contributed by atoms with van der Waals surface area (Å²) in [7, 11) is 1.92. The summed E-state index contributed by atoms with van der Waals surface area (Å²) in [6.45, 7) is 0. The molecule has 0 saturated carbocycles. The summed E-state index contributed by atoms with van der Waals surface area (Å²) >= 11 is 0. The topological polar surface area (TPSA) is 57.5 Å². The van der Waals surface area contributed by atoms with E-state index in [1.807, 2.05) is 9.39 Å². The molecule has 1 atom stereocenters. The van der Waals surface area contributed by atoms with E-state index in [1.54, 1.807) is 0 Å². The molecule has 0 aliphatic rings. The molecule has 4 heavy (non-hydrogen) atoms. The van der Waals surface area contributed by atoms with Crippen molar-refractivity contribution in [1.29, 1.82) is 0 Å². The molecule has 0 aromatic carbocycles. The Hall–Kier alpha value is 1.12. The first kappa shape index (κ1) is 19.4. The van der Waals surface area contributed by atoms with Gasteiger partial charge in [-0.1, -0.05) is 9.39 Å². The van der Waals surface area contributed by atoms with E-state index in [-0.39, 0.29) is 31.4 Å². The molecule has 0 heterocycles. The second kappa shape index (κ2) is 32.1. The van der Waals surface area contributed by atoms with Crippen LogP contribution in [0.25, 0.3) is 0 Å². The minimum atomic E-state index is 0. The van der Waals surface area contributed by atoms with Gasteiger partial charge in [0.1, 0.15) is 0 Å². The average molecular weight is 93.3 g/mol. The Kier molecular flexibility index (Phi) is 155. The zero-order chi connectivity index (χ0) is 2.00. The van der Waals surface area contributed by atoms with Crippen LogP contribution < -0.4 is 5.50 Å². The van der Waals surface area contributed by atoms with Crippen LogP contribution in [-0.2, 0) is 0 Å². The molecule has 0 aromatic rings. The van der Waals surface area contributed by atoms with Crippen molar-refractivity contribution in [1.82, 2.24) is 0 Å². The van der Waals surface area contributed by atoms with E-state index >= 15 is 0 Å². The Morgan fingerprint density at radius 2 is 1.50 bits per heavy atom. The summed E-state index contributed by atoms with van der Waals surface area (Å²) in [4.78, 5) is 0. The summed E-state index contributed by atoms with van der Waals surface area (Å²) in [5, 5.41) is 0. The molecule has 4 N–H and O–H groups in total. The fourth-order valence-electron chi connectivity index (χ4n) is 0. The number of hydrogen-bond donors (Lipinski definition) is 1. The van der Waals surface area contributed by atoms with E-state index in [0.717, 1.165) is 0 Å². The van der Waals surface area contributed by atoms with Crippen molar-refractivity contribution in [3.63, 3.8) is 0 Å². The Balaban J connectivity index is -0.000000000833. The number of rotatable bonds is 0. The standard InChI is InChI=1S/Mg.H4NP.H2O.2H/c;1-2;;;/h;1-2H2;1H2;;/q+2;;;2*-1. The SMILES string of the molecule is NP.O.[H-].[H-].[Mg+2]. The van der Waals surface area contributed by atoms with Crippen LogP contribution in [0.4, 0.5) is 0 Å². The van der Waals surface area contributed by atoms with Gasteiger partial charge in [0.25, 0.3) is 0 Å². The number of hydrogen-bond acceptors (Lipinski definition) is 1. The fourth-order valence-corrected chi connectivity index (χ4v) is 0. The largest absolute Gasteiger partial charge is 2.00 e. The van der Waals surface area contributed by atoms with Crippen LogP contribution in [0.1, 0.15) is 2.85 Å². The molecule has 0 aliphatic carbocycles. The quantitative estimate of drug-likeness (QED) is 0.295. The normalized spacial score (nSPS) is 1.50. The Bertz CT molecular complexity index is 13.5. The molecular formula is H8MgNOP. The van der Waals surface area contributed by atoms with Crippen molar-refractivity contribution >= 4 is 32.4 Å². The second-order valence-corrected chi connectivity index (χ2v) is 0. The first-order valence-electron chi connectivity index (χ1n) is 0.333. The molecule has 0 spiro atoms. The molecule has 0 fully saturated rings. The molecule has 0 bridgehead atoms. The minimum Gasteiger partial charge on any atom is -1.00 e. The predicted molar refractivity (Wildman–Crippen MR) is 25.5 cm³/mol. The summed E-state index contributed by atoms with van der Waals surface area (Å²) in [5.74, 6) is 0. The number of nitrogens with two attached hydrogens (primary N) is 1. The van der Waals surface area contributed by atoms with E-state index in [0.29, 0.717) is 0 Å². The third-order valence-corrected chi connectivity index (χ3v) is 0. The van der Waals surface area contributed by atoms with Crippen molar-refractivity contribution in [3.05, 3.63) is 0 Å². The van der Waals surface area contributed by atoms with Crippen LogP contribution in [0.15, 0.2) is 0 Å². The summed E-state index contributed by atoms with van der Waals surface area (Å²) in [5.41, 5.74) is 4.42. The van der Waals surface area contributed by atoms with Crippen LogP contribution in [0.3, 0.4) is 0 Å². The van der Waals surface area contributed by atoms with Gasteiger partial charge in [0.2, 0.25) is 0 Å². The van der Waals surface area contributed by atoms with E-state index in [2.05, 4.69) is 5.50 Å². The summed E-state index contributed by atoms with van der Waals surface area (Å²) < 4.78 is 0. The molecule has 2 nitrogen and oxygen atoms in total. The Morgan fingerprint density at radius 1 is 1.50 bits per heavy atom. The van der Waals surface area contributed by atoms with Gasteiger partial charge < -0.3 is 13.8 Å². The first-order chi connectivity index (χ1) is 1.00. The van der Waals surface area contributed by atoms with E-state index in [9.17, 15) is 0 Å². The second-order valence-electron chi connectivity index (χ2n) is 0. The molecule has 1 unspecified atom stereocenters. The molecule has 0 rings (SSSR count).